The van der Waals surface area contributed by atoms with Crippen molar-refractivity contribution in [2.75, 3.05) is 23.3 Å². The van der Waals surface area contributed by atoms with Crippen molar-refractivity contribution in [3.63, 3.8) is 0 Å². The minimum Gasteiger partial charge on any atom is -0.495 e. The van der Waals surface area contributed by atoms with Gasteiger partial charge in [0.1, 0.15) is 12.3 Å². The Balaban J connectivity index is 2.01. The van der Waals surface area contributed by atoms with E-state index in [1.54, 1.807) is 30.3 Å². The third kappa shape index (κ3) is 4.86. The van der Waals surface area contributed by atoms with E-state index in [9.17, 15) is 23.3 Å². The fraction of sp³-hybridized carbons (Fsp3) is 0.136. The van der Waals surface area contributed by atoms with Gasteiger partial charge in [0.2, 0.25) is 5.91 Å². The first-order chi connectivity index (χ1) is 15.2. The van der Waals surface area contributed by atoms with Crippen molar-refractivity contribution in [2.45, 2.75) is 11.8 Å². The van der Waals surface area contributed by atoms with E-state index in [1.807, 2.05) is 13.0 Å². The van der Waals surface area contributed by atoms with Crippen LogP contribution in [0.15, 0.2) is 77.7 Å². The highest BCUT2D eigenvalue weighted by molar-refractivity contribution is 7.93. The largest absolute Gasteiger partial charge is 0.495 e. The predicted octanol–water partition coefficient (Wildman–Crippen LogP) is 3.75. The molecule has 0 saturated carbocycles. The van der Waals surface area contributed by atoms with Crippen LogP contribution in [0.2, 0.25) is 0 Å². The first kappa shape index (κ1) is 22.8. The SMILES string of the molecule is COc1ccc(C)cc1NC(=O)CN(c1ccccc1)S(=O)(=O)c1ccccc1[N+](=O)[O-]. The Bertz CT molecular complexity index is 1250. The number of benzene rings is 3. The number of carbonyl (C=O) groups is 1. The quantitative estimate of drug-likeness (QED) is 0.408. The molecular formula is C22H21N3O6S. The molecule has 0 fully saturated rings. The number of amides is 1. The maximum atomic E-state index is 13.4. The lowest BCUT2D eigenvalue weighted by Gasteiger charge is -2.24. The number of anilines is 2. The Morgan fingerprint density at radius 1 is 1.06 bits per heavy atom. The fourth-order valence-electron chi connectivity index (χ4n) is 3.09. The molecule has 0 aliphatic heterocycles. The molecule has 32 heavy (non-hydrogen) atoms. The first-order valence-corrected chi connectivity index (χ1v) is 10.9. The molecule has 0 heterocycles. The molecule has 1 amide bonds. The van der Waals surface area contributed by atoms with Gasteiger partial charge in [-0.2, -0.15) is 0 Å². The number of carbonyl (C=O) groups excluding carboxylic acids is 1. The number of ether oxygens (including phenoxy) is 1. The topological polar surface area (TPSA) is 119 Å². The molecule has 3 aromatic carbocycles. The maximum absolute atomic E-state index is 13.4. The number of rotatable bonds is 8. The summed E-state index contributed by atoms with van der Waals surface area (Å²) in [4.78, 5) is 23.0. The number of hydrogen-bond acceptors (Lipinski definition) is 6. The summed E-state index contributed by atoms with van der Waals surface area (Å²) in [5, 5.41) is 14.1. The van der Waals surface area contributed by atoms with Gasteiger partial charge in [-0.05, 0) is 42.8 Å². The molecule has 0 bridgehead atoms. The molecule has 10 heteroatoms. The second-order valence-electron chi connectivity index (χ2n) is 6.82. The van der Waals surface area contributed by atoms with Gasteiger partial charge in [0.15, 0.2) is 4.90 Å². The summed E-state index contributed by atoms with van der Waals surface area (Å²) in [6, 6.07) is 18.1. The van der Waals surface area contributed by atoms with Crippen LogP contribution in [-0.2, 0) is 14.8 Å². The normalized spacial score (nSPS) is 10.9. The van der Waals surface area contributed by atoms with Crippen molar-refractivity contribution < 1.29 is 22.9 Å². The summed E-state index contributed by atoms with van der Waals surface area (Å²) in [7, 11) is -2.99. The van der Waals surface area contributed by atoms with Gasteiger partial charge in [-0.1, -0.05) is 36.4 Å². The maximum Gasteiger partial charge on any atom is 0.289 e. The van der Waals surface area contributed by atoms with Gasteiger partial charge in [-0.15, -0.1) is 0 Å². The van der Waals surface area contributed by atoms with Crippen LogP contribution in [0, 0.1) is 17.0 Å². The number of nitrogens with zero attached hydrogens (tertiary/aromatic N) is 2. The van der Waals surface area contributed by atoms with Crippen LogP contribution < -0.4 is 14.4 Å². The van der Waals surface area contributed by atoms with Crippen molar-refractivity contribution in [1.29, 1.82) is 0 Å². The van der Waals surface area contributed by atoms with Crippen LogP contribution in [-0.4, -0.2) is 32.9 Å². The molecule has 3 rings (SSSR count). The number of nitro benzene ring substituents is 1. The number of aryl methyl sites for hydroxylation is 1. The molecule has 1 N–H and O–H groups in total. The lowest BCUT2D eigenvalue weighted by atomic mass is 10.2. The predicted molar refractivity (Wildman–Crippen MR) is 120 cm³/mol. The lowest BCUT2D eigenvalue weighted by Crippen LogP contribution is -2.38. The molecule has 0 spiro atoms. The van der Waals surface area contributed by atoms with Crippen molar-refractivity contribution in [3.8, 4) is 5.75 Å². The van der Waals surface area contributed by atoms with Crippen molar-refractivity contribution in [3.05, 3.63) is 88.5 Å². The van der Waals surface area contributed by atoms with E-state index < -0.39 is 38.0 Å². The van der Waals surface area contributed by atoms with Crippen LogP contribution in [0.4, 0.5) is 17.1 Å². The van der Waals surface area contributed by atoms with Gasteiger partial charge < -0.3 is 10.1 Å². The average Bonchev–Trinajstić information content (AvgIpc) is 2.78. The Kier molecular flexibility index (Phi) is 6.74. The monoisotopic (exact) mass is 455 g/mol. The zero-order chi connectivity index (χ0) is 23.3. The van der Waals surface area contributed by atoms with E-state index in [2.05, 4.69) is 5.32 Å². The number of nitrogens with one attached hydrogen (secondary N) is 1. The Labute approximate surface area is 185 Å². The summed E-state index contributed by atoms with van der Waals surface area (Å²) in [5.41, 5.74) is 0.869. The molecule has 0 aromatic heterocycles. The second-order valence-corrected chi connectivity index (χ2v) is 8.65. The van der Waals surface area contributed by atoms with Gasteiger partial charge in [0, 0.05) is 6.07 Å². The summed E-state index contributed by atoms with van der Waals surface area (Å²) in [6.07, 6.45) is 0. The van der Waals surface area contributed by atoms with E-state index in [0.717, 1.165) is 22.0 Å². The third-order valence-corrected chi connectivity index (χ3v) is 6.41. The highest BCUT2D eigenvalue weighted by atomic mass is 32.2. The minimum atomic E-state index is -4.44. The minimum absolute atomic E-state index is 0.192. The average molecular weight is 455 g/mol. The van der Waals surface area contributed by atoms with E-state index >= 15 is 0 Å². The van der Waals surface area contributed by atoms with Gasteiger partial charge in [-0.25, -0.2) is 8.42 Å². The number of hydrogen-bond donors (Lipinski definition) is 1. The summed E-state index contributed by atoms with van der Waals surface area (Å²) in [5.74, 6) is -0.225. The molecule has 0 aliphatic carbocycles. The van der Waals surface area contributed by atoms with Crippen LogP contribution in [0.25, 0.3) is 0 Å². The van der Waals surface area contributed by atoms with E-state index in [0.29, 0.717) is 11.4 Å². The molecular weight excluding hydrogens is 434 g/mol. The van der Waals surface area contributed by atoms with E-state index in [-0.39, 0.29) is 5.69 Å². The lowest BCUT2D eigenvalue weighted by molar-refractivity contribution is -0.387. The van der Waals surface area contributed by atoms with Crippen molar-refractivity contribution in [1.82, 2.24) is 0 Å². The van der Waals surface area contributed by atoms with Gasteiger partial charge in [-0.3, -0.25) is 19.2 Å². The standard InChI is InChI=1S/C22H21N3O6S/c1-16-12-13-20(31-2)18(14-16)23-22(26)15-24(17-8-4-3-5-9-17)32(29,30)21-11-7-6-10-19(21)25(27)28/h3-14H,15H2,1-2H3,(H,23,26). The molecule has 0 aliphatic rings. The Morgan fingerprint density at radius 3 is 2.38 bits per heavy atom. The van der Waals surface area contributed by atoms with Gasteiger partial charge in [0.05, 0.1) is 23.4 Å². The summed E-state index contributed by atoms with van der Waals surface area (Å²) in [6.45, 7) is 1.24. The summed E-state index contributed by atoms with van der Waals surface area (Å²) < 4.78 is 33.0. The molecule has 0 saturated heterocycles. The number of sulfonamides is 1. The van der Waals surface area contributed by atoms with E-state index in [1.165, 1.54) is 31.4 Å². The Hall–Kier alpha value is -3.92. The molecule has 3 aromatic rings. The molecule has 9 nitrogen and oxygen atoms in total. The van der Waals surface area contributed by atoms with Crippen LogP contribution >= 0.6 is 0 Å². The number of para-hydroxylation sites is 2. The zero-order valence-electron chi connectivity index (χ0n) is 17.4. The highest BCUT2D eigenvalue weighted by Crippen LogP contribution is 2.30. The van der Waals surface area contributed by atoms with Crippen molar-refractivity contribution >= 4 is 33.0 Å². The van der Waals surface area contributed by atoms with Crippen LogP contribution in [0.5, 0.6) is 5.75 Å². The van der Waals surface area contributed by atoms with E-state index in [4.69, 9.17) is 4.74 Å². The highest BCUT2D eigenvalue weighted by Gasteiger charge is 2.33. The van der Waals surface area contributed by atoms with Gasteiger partial charge in [0.25, 0.3) is 15.7 Å². The van der Waals surface area contributed by atoms with Crippen LogP contribution in [0.1, 0.15) is 5.56 Å². The fourth-order valence-corrected chi connectivity index (χ4v) is 4.68. The third-order valence-electron chi connectivity index (χ3n) is 4.59. The molecule has 166 valence electrons. The molecule has 0 atom stereocenters. The van der Waals surface area contributed by atoms with Crippen LogP contribution in [0.3, 0.4) is 0 Å². The molecule has 0 radical (unpaired) electrons. The smallest absolute Gasteiger partial charge is 0.289 e. The Morgan fingerprint density at radius 2 is 1.72 bits per heavy atom. The van der Waals surface area contributed by atoms with Crippen molar-refractivity contribution in [2.24, 2.45) is 0 Å². The number of nitro groups is 1. The summed E-state index contributed by atoms with van der Waals surface area (Å²) >= 11 is 0. The second kappa shape index (κ2) is 9.48. The number of methoxy groups -OCH3 is 1. The molecule has 0 unspecified atom stereocenters. The zero-order valence-corrected chi connectivity index (χ0v) is 18.2. The first-order valence-electron chi connectivity index (χ1n) is 9.49. The van der Waals surface area contributed by atoms with Gasteiger partial charge >= 0.3 is 0 Å².